The summed E-state index contributed by atoms with van der Waals surface area (Å²) >= 11 is 0. The standard InChI is InChI=1S/C20H27FN4O/c21-18-5-4-6-19(11-18)25-14-17(12-22-25)13-24-10-7-20(26,16-24)15-23-8-2-1-3-9-23/h4-6,11-12,14,26H,1-3,7-10,13,15-16H2/t20-/m0/s1. The third-order valence-electron chi connectivity index (χ3n) is 5.49. The summed E-state index contributed by atoms with van der Waals surface area (Å²) in [6.07, 6.45) is 8.40. The van der Waals surface area contributed by atoms with Gasteiger partial charge in [-0.3, -0.25) is 4.90 Å². The summed E-state index contributed by atoms with van der Waals surface area (Å²) in [5.41, 5.74) is 1.20. The fourth-order valence-electron chi connectivity index (χ4n) is 4.20. The third-order valence-corrected chi connectivity index (χ3v) is 5.49. The molecule has 0 aliphatic carbocycles. The normalized spacial score (nSPS) is 25.0. The van der Waals surface area contributed by atoms with Gasteiger partial charge in [-0.25, -0.2) is 9.07 Å². The van der Waals surface area contributed by atoms with Crippen molar-refractivity contribution in [2.24, 2.45) is 0 Å². The summed E-state index contributed by atoms with van der Waals surface area (Å²) in [6, 6.07) is 6.44. The molecule has 1 aromatic heterocycles. The van der Waals surface area contributed by atoms with Gasteiger partial charge in [0.1, 0.15) is 5.82 Å². The largest absolute Gasteiger partial charge is 0.387 e. The van der Waals surface area contributed by atoms with E-state index in [9.17, 15) is 9.50 Å². The number of piperidine rings is 1. The van der Waals surface area contributed by atoms with Crippen LogP contribution in [0.1, 0.15) is 31.2 Å². The smallest absolute Gasteiger partial charge is 0.125 e. The van der Waals surface area contributed by atoms with Crippen LogP contribution in [0.3, 0.4) is 0 Å². The minimum atomic E-state index is -0.601. The van der Waals surface area contributed by atoms with E-state index < -0.39 is 5.60 Å². The van der Waals surface area contributed by atoms with Gasteiger partial charge in [0.15, 0.2) is 0 Å². The van der Waals surface area contributed by atoms with Crippen molar-refractivity contribution < 1.29 is 9.50 Å². The van der Waals surface area contributed by atoms with E-state index >= 15 is 0 Å². The lowest BCUT2D eigenvalue weighted by molar-refractivity contribution is 0.00635. The minimum absolute atomic E-state index is 0.262. The Morgan fingerprint density at radius 1 is 1.12 bits per heavy atom. The van der Waals surface area contributed by atoms with E-state index in [0.717, 1.165) is 50.4 Å². The van der Waals surface area contributed by atoms with Crippen LogP contribution in [0.2, 0.25) is 0 Å². The molecule has 1 N–H and O–H groups in total. The van der Waals surface area contributed by atoms with Crippen LogP contribution in [-0.2, 0) is 6.54 Å². The Bertz CT molecular complexity index is 743. The number of β-amino-alcohol motifs (C(OH)–C–C–N with tert-alkyl or cyclic N) is 1. The molecule has 0 amide bonds. The van der Waals surface area contributed by atoms with Gasteiger partial charge in [-0.05, 0) is 50.6 Å². The Hall–Kier alpha value is -1.76. The third kappa shape index (κ3) is 4.14. The van der Waals surface area contributed by atoms with Crippen molar-refractivity contribution >= 4 is 0 Å². The Kier molecular flexibility index (Phi) is 5.07. The van der Waals surface area contributed by atoms with Crippen LogP contribution in [-0.4, -0.2) is 63.0 Å². The first kappa shape index (κ1) is 17.6. The van der Waals surface area contributed by atoms with Crippen LogP contribution < -0.4 is 0 Å². The maximum Gasteiger partial charge on any atom is 0.125 e. The summed E-state index contributed by atoms with van der Waals surface area (Å²) in [7, 11) is 0. The number of likely N-dealkylation sites (tertiary alicyclic amines) is 2. The first-order chi connectivity index (χ1) is 12.6. The summed E-state index contributed by atoms with van der Waals surface area (Å²) in [4.78, 5) is 4.70. The van der Waals surface area contributed by atoms with Crippen molar-refractivity contribution in [2.75, 3.05) is 32.7 Å². The highest BCUT2D eigenvalue weighted by Gasteiger charge is 2.37. The molecule has 0 spiro atoms. The van der Waals surface area contributed by atoms with Crippen molar-refractivity contribution in [1.82, 2.24) is 19.6 Å². The van der Waals surface area contributed by atoms with E-state index in [1.54, 1.807) is 10.7 Å². The zero-order valence-electron chi connectivity index (χ0n) is 15.1. The molecule has 26 heavy (non-hydrogen) atoms. The molecule has 0 radical (unpaired) electrons. The topological polar surface area (TPSA) is 44.5 Å². The lowest BCUT2D eigenvalue weighted by Crippen LogP contribution is -2.46. The van der Waals surface area contributed by atoms with E-state index in [1.165, 1.54) is 31.4 Å². The van der Waals surface area contributed by atoms with Gasteiger partial charge in [-0.2, -0.15) is 5.10 Å². The molecule has 0 unspecified atom stereocenters. The Balaban J connectivity index is 1.35. The van der Waals surface area contributed by atoms with E-state index in [2.05, 4.69) is 14.9 Å². The van der Waals surface area contributed by atoms with Crippen LogP contribution in [0, 0.1) is 5.82 Å². The highest BCUT2D eigenvalue weighted by atomic mass is 19.1. The van der Waals surface area contributed by atoms with Gasteiger partial charge in [-0.1, -0.05) is 12.5 Å². The molecule has 1 atom stereocenters. The van der Waals surface area contributed by atoms with Gasteiger partial charge in [0.2, 0.25) is 0 Å². The zero-order valence-corrected chi connectivity index (χ0v) is 15.1. The highest BCUT2D eigenvalue weighted by molar-refractivity contribution is 5.31. The zero-order chi connectivity index (χ0) is 18.0. The van der Waals surface area contributed by atoms with Crippen LogP contribution in [0.4, 0.5) is 4.39 Å². The summed E-state index contributed by atoms with van der Waals surface area (Å²) in [5.74, 6) is -0.262. The fourth-order valence-corrected chi connectivity index (χ4v) is 4.20. The lowest BCUT2D eigenvalue weighted by Gasteiger charge is -2.33. The van der Waals surface area contributed by atoms with Crippen LogP contribution >= 0.6 is 0 Å². The minimum Gasteiger partial charge on any atom is -0.387 e. The number of benzene rings is 1. The molecule has 2 aliphatic heterocycles. The number of hydrogen-bond acceptors (Lipinski definition) is 4. The van der Waals surface area contributed by atoms with Gasteiger partial charge in [-0.15, -0.1) is 0 Å². The number of hydrogen-bond donors (Lipinski definition) is 1. The van der Waals surface area contributed by atoms with Crippen LogP contribution in [0.15, 0.2) is 36.7 Å². The Labute approximate surface area is 154 Å². The van der Waals surface area contributed by atoms with Crippen molar-refractivity contribution in [3.05, 3.63) is 48.0 Å². The monoisotopic (exact) mass is 358 g/mol. The quantitative estimate of drug-likeness (QED) is 0.892. The van der Waals surface area contributed by atoms with Crippen molar-refractivity contribution in [3.63, 3.8) is 0 Å². The van der Waals surface area contributed by atoms with Crippen molar-refractivity contribution in [3.8, 4) is 5.69 Å². The first-order valence-corrected chi connectivity index (χ1v) is 9.56. The number of halogens is 1. The molecule has 140 valence electrons. The second-order valence-corrected chi connectivity index (χ2v) is 7.79. The summed E-state index contributed by atoms with van der Waals surface area (Å²) in [6.45, 7) is 5.37. The maximum absolute atomic E-state index is 13.4. The second-order valence-electron chi connectivity index (χ2n) is 7.79. The Morgan fingerprint density at radius 3 is 2.77 bits per heavy atom. The van der Waals surface area contributed by atoms with Gasteiger partial charge < -0.3 is 10.0 Å². The molecule has 2 aliphatic rings. The van der Waals surface area contributed by atoms with E-state index in [-0.39, 0.29) is 5.82 Å². The van der Waals surface area contributed by atoms with Gasteiger partial charge in [0.25, 0.3) is 0 Å². The molecule has 0 saturated carbocycles. The molecule has 0 bridgehead atoms. The predicted octanol–water partition coefficient (Wildman–Crippen LogP) is 2.43. The Morgan fingerprint density at radius 2 is 1.96 bits per heavy atom. The SMILES string of the molecule is O[C@]1(CN2CCCCC2)CCN(Cc2cnn(-c3cccc(F)c3)c2)C1. The molecule has 4 rings (SSSR count). The van der Waals surface area contributed by atoms with Crippen molar-refractivity contribution in [2.45, 2.75) is 37.8 Å². The molecule has 2 fully saturated rings. The predicted molar refractivity (Wildman–Crippen MR) is 98.7 cm³/mol. The number of nitrogens with zero attached hydrogens (tertiary/aromatic N) is 4. The maximum atomic E-state index is 13.4. The average molecular weight is 358 g/mol. The number of rotatable bonds is 5. The van der Waals surface area contributed by atoms with Crippen molar-refractivity contribution in [1.29, 1.82) is 0 Å². The molecule has 3 heterocycles. The van der Waals surface area contributed by atoms with E-state index in [4.69, 9.17) is 0 Å². The van der Waals surface area contributed by atoms with E-state index in [1.807, 2.05) is 18.5 Å². The molecule has 2 saturated heterocycles. The molecular formula is C20H27FN4O. The number of aliphatic hydroxyl groups is 1. The van der Waals surface area contributed by atoms with Gasteiger partial charge in [0.05, 0.1) is 17.5 Å². The lowest BCUT2D eigenvalue weighted by atomic mass is 10.0. The molecule has 5 nitrogen and oxygen atoms in total. The second kappa shape index (κ2) is 7.47. The highest BCUT2D eigenvalue weighted by Crippen LogP contribution is 2.25. The average Bonchev–Trinajstić information content (AvgIpc) is 3.23. The summed E-state index contributed by atoms with van der Waals surface area (Å²) < 4.78 is 15.1. The van der Waals surface area contributed by atoms with Gasteiger partial charge in [0, 0.05) is 37.9 Å². The van der Waals surface area contributed by atoms with Crippen LogP contribution in [0.25, 0.3) is 5.69 Å². The van der Waals surface area contributed by atoms with Gasteiger partial charge >= 0.3 is 0 Å². The van der Waals surface area contributed by atoms with Crippen LogP contribution in [0.5, 0.6) is 0 Å². The van der Waals surface area contributed by atoms with E-state index in [0.29, 0.717) is 6.54 Å². The summed E-state index contributed by atoms with van der Waals surface area (Å²) in [5, 5.41) is 15.3. The number of aromatic nitrogens is 2. The molecule has 6 heteroatoms. The molecule has 2 aromatic rings. The fraction of sp³-hybridized carbons (Fsp3) is 0.550. The molecule has 1 aromatic carbocycles. The first-order valence-electron chi connectivity index (χ1n) is 9.56. The molecular weight excluding hydrogens is 331 g/mol.